The summed E-state index contributed by atoms with van der Waals surface area (Å²) >= 11 is 0. The highest BCUT2D eigenvalue weighted by Gasteiger charge is 2.24. The van der Waals surface area contributed by atoms with Crippen molar-refractivity contribution in [1.29, 1.82) is 0 Å². The average Bonchev–Trinajstić information content (AvgIpc) is 2.43. The molecule has 7 nitrogen and oxygen atoms in total. The van der Waals surface area contributed by atoms with Crippen LogP contribution in [-0.2, 0) is 21.2 Å². The van der Waals surface area contributed by atoms with Crippen LogP contribution in [0.2, 0.25) is 0 Å². The molecule has 0 amide bonds. The molecule has 1 aromatic rings. The Morgan fingerprint density at radius 3 is 2.43 bits per heavy atom. The molecule has 8 heteroatoms. The first kappa shape index (κ1) is 17.3. The highest BCUT2D eigenvalue weighted by atomic mass is 32.2. The second kappa shape index (κ2) is 7.28. The molecule has 0 radical (unpaired) electrons. The summed E-state index contributed by atoms with van der Waals surface area (Å²) in [4.78, 5) is 10.7. The van der Waals surface area contributed by atoms with Crippen molar-refractivity contribution in [1.82, 2.24) is 4.72 Å². The van der Waals surface area contributed by atoms with Crippen LogP contribution in [0.5, 0.6) is 11.5 Å². The van der Waals surface area contributed by atoms with Gasteiger partial charge in [0.05, 0.1) is 20.6 Å². The zero-order valence-corrected chi connectivity index (χ0v) is 13.0. The zero-order valence-electron chi connectivity index (χ0n) is 12.2. The minimum absolute atomic E-state index is 0.0511. The first-order chi connectivity index (χ1) is 9.85. The number of carbonyl (C=O) groups is 1. The van der Waals surface area contributed by atoms with Gasteiger partial charge < -0.3 is 14.6 Å². The minimum atomic E-state index is -3.80. The lowest BCUT2D eigenvalue weighted by atomic mass is 10.1. The first-order valence-corrected chi connectivity index (χ1v) is 7.80. The molecule has 1 aromatic carbocycles. The summed E-state index contributed by atoms with van der Waals surface area (Å²) in [6, 6.07) is 2.74. The van der Waals surface area contributed by atoms with E-state index in [1.54, 1.807) is 0 Å². The Kier molecular flexibility index (Phi) is 5.98. The Morgan fingerprint density at radius 1 is 1.29 bits per heavy atom. The molecular formula is C13H19NO6S. The number of hydrogen-bond donors (Lipinski definition) is 2. The highest BCUT2D eigenvalue weighted by molar-refractivity contribution is 7.89. The van der Waals surface area contributed by atoms with Crippen molar-refractivity contribution in [2.75, 3.05) is 20.8 Å². The van der Waals surface area contributed by atoms with Gasteiger partial charge in [-0.25, -0.2) is 13.1 Å². The van der Waals surface area contributed by atoms with Crippen molar-refractivity contribution >= 4 is 16.0 Å². The van der Waals surface area contributed by atoms with Crippen LogP contribution in [0.1, 0.15) is 18.9 Å². The molecule has 0 aromatic heterocycles. The average molecular weight is 317 g/mol. The molecule has 0 heterocycles. The van der Waals surface area contributed by atoms with Crippen molar-refractivity contribution in [3.05, 3.63) is 17.7 Å². The van der Waals surface area contributed by atoms with E-state index in [9.17, 15) is 13.2 Å². The predicted octanol–water partition coefficient (Wildman–Crippen LogP) is 1.02. The monoisotopic (exact) mass is 317 g/mol. The number of aliphatic carboxylic acids is 1. The standard InChI is InChI=1S/C13H19NO6S/c1-4-5-14-21(17,18)11-7-9(8-12(15)16)6-10(19-2)13(11)20-3/h6-7,14H,4-5,8H2,1-3H3,(H,15,16). The highest BCUT2D eigenvalue weighted by Crippen LogP contribution is 2.35. The van der Waals surface area contributed by atoms with Gasteiger partial charge >= 0.3 is 5.97 Å². The van der Waals surface area contributed by atoms with E-state index in [0.29, 0.717) is 12.0 Å². The van der Waals surface area contributed by atoms with Crippen molar-refractivity contribution in [3.8, 4) is 11.5 Å². The number of nitrogens with one attached hydrogen (secondary N) is 1. The molecular weight excluding hydrogens is 298 g/mol. The van der Waals surface area contributed by atoms with E-state index in [4.69, 9.17) is 14.6 Å². The number of hydrogen-bond acceptors (Lipinski definition) is 5. The smallest absolute Gasteiger partial charge is 0.307 e. The second-order valence-corrected chi connectivity index (χ2v) is 6.03. The van der Waals surface area contributed by atoms with E-state index in [0.717, 1.165) is 0 Å². The van der Waals surface area contributed by atoms with Crippen molar-refractivity contribution < 1.29 is 27.8 Å². The summed E-state index contributed by atoms with van der Waals surface area (Å²) < 4.78 is 37.2. The molecule has 0 spiro atoms. The number of carboxylic acid groups (broad SMARTS) is 1. The normalized spacial score (nSPS) is 11.2. The molecule has 1 rings (SSSR count). The summed E-state index contributed by atoms with van der Waals surface area (Å²) in [5.74, 6) is -0.838. The lowest BCUT2D eigenvalue weighted by molar-refractivity contribution is -0.136. The van der Waals surface area contributed by atoms with Crippen LogP contribution < -0.4 is 14.2 Å². The molecule has 118 valence electrons. The molecule has 0 saturated heterocycles. The third-order valence-corrected chi connectivity index (χ3v) is 4.16. The largest absolute Gasteiger partial charge is 0.493 e. The molecule has 0 atom stereocenters. The molecule has 2 N–H and O–H groups in total. The topological polar surface area (TPSA) is 102 Å². The molecule has 0 aliphatic rings. The summed E-state index contributed by atoms with van der Waals surface area (Å²) in [5.41, 5.74) is 0.317. The van der Waals surface area contributed by atoms with Gasteiger partial charge in [-0.15, -0.1) is 0 Å². The lowest BCUT2D eigenvalue weighted by Crippen LogP contribution is -2.25. The van der Waals surface area contributed by atoms with Crippen molar-refractivity contribution in [3.63, 3.8) is 0 Å². The Morgan fingerprint density at radius 2 is 1.95 bits per heavy atom. The van der Waals surface area contributed by atoms with Crippen molar-refractivity contribution in [2.45, 2.75) is 24.7 Å². The molecule has 0 saturated carbocycles. The Labute approximate surface area is 123 Å². The molecule has 21 heavy (non-hydrogen) atoms. The molecule has 0 aliphatic carbocycles. The minimum Gasteiger partial charge on any atom is -0.493 e. The lowest BCUT2D eigenvalue weighted by Gasteiger charge is -2.15. The van der Waals surface area contributed by atoms with E-state index in [2.05, 4.69) is 4.72 Å². The maximum Gasteiger partial charge on any atom is 0.307 e. The maximum absolute atomic E-state index is 12.3. The third kappa shape index (κ3) is 4.33. The van der Waals surface area contributed by atoms with E-state index < -0.39 is 16.0 Å². The number of carboxylic acids is 1. The van der Waals surface area contributed by atoms with Crippen LogP contribution in [0.3, 0.4) is 0 Å². The van der Waals surface area contributed by atoms with E-state index in [1.807, 2.05) is 6.92 Å². The van der Waals surface area contributed by atoms with E-state index >= 15 is 0 Å². The predicted molar refractivity (Wildman–Crippen MR) is 76.4 cm³/mol. The van der Waals surface area contributed by atoms with Crippen LogP contribution in [0, 0.1) is 0 Å². The van der Waals surface area contributed by atoms with Crippen LogP contribution >= 0.6 is 0 Å². The van der Waals surface area contributed by atoms with Gasteiger partial charge in [0.15, 0.2) is 11.5 Å². The number of sulfonamides is 1. The quantitative estimate of drug-likeness (QED) is 0.742. The summed E-state index contributed by atoms with van der Waals surface area (Å²) in [5, 5.41) is 8.85. The van der Waals surface area contributed by atoms with Gasteiger partial charge in [-0.3, -0.25) is 4.79 Å². The van der Waals surface area contributed by atoms with Crippen LogP contribution in [0.15, 0.2) is 17.0 Å². The van der Waals surface area contributed by atoms with Crippen LogP contribution in [0.25, 0.3) is 0 Å². The fourth-order valence-electron chi connectivity index (χ4n) is 1.77. The summed E-state index contributed by atoms with van der Waals surface area (Å²) in [6.07, 6.45) is 0.324. The first-order valence-electron chi connectivity index (χ1n) is 6.32. The molecule has 0 bridgehead atoms. The fourth-order valence-corrected chi connectivity index (χ4v) is 3.14. The third-order valence-electron chi connectivity index (χ3n) is 2.69. The number of methoxy groups -OCH3 is 2. The van der Waals surface area contributed by atoms with Gasteiger partial charge in [0.1, 0.15) is 4.90 Å². The van der Waals surface area contributed by atoms with E-state index in [1.165, 1.54) is 26.4 Å². The van der Waals surface area contributed by atoms with Crippen LogP contribution in [-0.4, -0.2) is 40.3 Å². The van der Waals surface area contributed by atoms with Gasteiger partial charge in [-0.05, 0) is 24.1 Å². The maximum atomic E-state index is 12.3. The van der Waals surface area contributed by atoms with E-state index in [-0.39, 0.29) is 29.4 Å². The Bertz CT molecular complexity index is 611. The second-order valence-electron chi connectivity index (χ2n) is 4.30. The Balaban J connectivity index is 3.42. The van der Waals surface area contributed by atoms with Gasteiger partial charge in [0, 0.05) is 6.54 Å². The molecule has 0 unspecified atom stereocenters. The van der Waals surface area contributed by atoms with Gasteiger partial charge in [0.25, 0.3) is 0 Å². The fraction of sp³-hybridized carbons (Fsp3) is 0.462. The SMILES string of the molecule is CCCNS(=O)(=O)c1cc(CC(=O)O)cc(OC)c1OC. The number of ether oxygens (including phenoxy) is 2. The summed E-state index contributed by atoms with van der Waals surface area (Å²) in [6.45, 7) is 2.11. The number of rotatable bonds is 8. The van der Waals surface area contributed by atoms with Gasteiger partial charge in [0.2, 0.25) is 10.0 Å². The van der Waals surface area contributed by atoms with Crippen LogP contribution in [0.4, 0.5) is 0 Å². The van der Waals surface area contributed by atoms with Crippen molar-refractivity contribution in [2.24, 2.45) is 0 Å². The zero-order chi connectivity index (χ0) is 16.0. The number of benzene rings is 1. The molecule has 0 fully saturated rings. The summed E-state index contributed by atoms with van der Waals surface area (Å²) in [7, 11) is -1.12. The van der Waals surface area contributed by atoms with Gasteiger partial charge in [-0.1, -0.05) is 6.92 Å². The molecule has 0 aliphatic heterocycles. The Hall–Kier alpha value is -1.80. The van der Waals surface area contributed by atoms with Gasteiger partial charge in [-0.2, -0.15) is 0 Å².